The fourth-order valence-electron chi connectivity index (χ4n) is 2.78. The van der Waals surface area contributed by atoms with E-state index in [1.807, 2.05) is 24.3 Å². The zero-order valence-corrected chi connectivity index (χ0v) is 17.5. The van der Waals surface area contributed by atoms with E-state index >= 15 is 0 Å². The number of anilines is 1. The highest BCUT2D eigenvalue weighted by Crippen LogP contribution is 2.25. The molecule has 1 amide bonds. The molecule has 3 rings (SSSR count). The number of hydrogen-bond acceptors (Lipinski definition) is 7. The molecule has 0 saturated carbocycles. The minimum absolute atomic E-state index is 0.211. The van der Waals surface area contributed by atoms with Gasteiger partial charge in [0.05, 0.1) is 23.4 Å². The van der Waals surface area contributed by atoms with Crippen molar-refractivity contribution in [1.29, 1.82) is 0 Å². The first-order chi connectivity index (χ1) is 13.6. The molecule has 28 heavy (non-hydrogen) atoms. The van der Waals surface area contributed by atoms with E-state index in [1.165, 1.54) is 11.3 Å². The van der Waals surface area contributed by atoms with Crippen molar-refractivity contribution in [2.24, 2.45) is 0 Å². The van der Waals surface area contributed by atoms with Crippen molar-refractivity contribution < 1.29 is 9.53 Å². The molecular weight excluding hydrogens is 396 g/mol. The maximum absolute atomic E-state index is 12.2. The van der Waals surface area contributed by atoms with E-state index in [-0.39, 0.29) is 5.91 Å². The Balaban J connectivity index is 1.31. The van der Waals surface area contributed by atoms with Gasteiger partial charge in [-0.25, -0.2) is 4.98 Å². The average Bonchev–Trinajstić information content (AvgIpc) is 3.12. The second-order valence-electron chi connectivity index (χ2n) is 6.53. The van der Waals surface area contributed by atoms with Gasteiger partial charge >= 0.3 is 0 Å². The van der Waals surface area contributed by atoms with Crippen molar-refractivity contribution in [3.8, 4) is 0 Å². The second-order valence-corrected chi connectivity index (χ2v) is 7.97. The number of fused-ring (bicyclic) bond motifs is 1. The van der Waals surface area contributed by atoms with Crippen molar-refractivity contribution >= 4 is 49.9 Å². The zero-order valence-electron chi connectivity index (χ0n) is 15.9. The SMILES string of the molecule is C[C@@H](Nc1nc2ccccc2s1)C(=O)NNC(=S)NCCCN1CCOCC1. The van der Waals surface area contributed by atoms with Gasteiger partial charge in [-0.3, -0.25) is 20.5 Å². The number of aromatic nitrogens is 1. The number of carbonyl (C=O) groups excluding carboxylic acids is 1. The summed E-state index contributed by atoms with van der Waals surface area (Å²) in [4.78, 5) is 19.1. The van der Waals surface area contributed by atoms with Gasteiger partial charge in [0.25, 0.3) is 5.91 Å². The summed E-state index contributed by atoms with van der Waals surface area (Å²) in [6.07, 6.45) is 0.978. The van der Waals surface area contributed by atoms with Crippen LogP contribution in [-0.4, -0.2) is 66.3 Å². The number of nitrogens with one attached hydrogen (secondary N) is 4. The highest BCUT2D eigenvalue weighted by molar-refractivity contribution is 7.80. The third-order valence-electron chi connectivity index (χ3n) is 4.37. The number of hydrazine groups is 1. The van der Waals surface area contributed by atoms with Crippen molar-refractivity contribution in [3.63, 3.8) is 0 Å². The topological polar surface area (TPSA) is 90.5 Å². The molecule has 1 atom stereocenters. The number of thiazole rings is 1. The summed E-state index contributed by atoms with van der Waals surface area (Å²) in [5.74, 6) is -0.211. The van der Waals surface area contributed by atoms with Crippen LogP contribution in [0.4, 0.5) is 5.13 Å². The number of benzene rings is 1. The number of para-hydroxylation sites is 1. The molecule has 0 bridgehead atoms. The molecule has 1 fully saturated rings. The van der Waals surface area contributed by atoms with Crippen LogP contribution in [0.5, 0.6) is 0 Å². The van der Waals surface area contributed by atoms with E-state index in [0.29, 0.717) is 10.2 Å². The lowest BCUT2D eigenvalue weighted by Crippen LogP contribution is -2.51. The lowest BCUT2D eigenvalue weighted by atomic mass is 10.3. The van der Waals surface area contributed by atoms with E-state index < -0.39 is 6.04 Å². The van der Waals surface area contributed by atoms with Crippen molar-refractivity contribution in [2.45, 2.75) is 19.4 Å². The molecule has 1 aliphatic rings. The van der Waals surface area contributed by atoms with Crippen molar-refractivity contribution in [1.82, 2.24) is 26.1 Å². The smallest absolute Gasteiger partial charge is 0.260 e. The molecule has 0 aliphatic carbocycles. The summed E-state index contributed by atoms with van der Waals surface area (Å²) in [5, 5.41) is 7.34. The summed E-state index contributed by atoms with van der Waals surface area (Å²) < 4.78 is 6.42. The molecule has 8 nitrogen and oxygen atoms in total. The fourth-order valence-corrected chi connectivity index (χ4v) is 3.89. The minimum atomic E-state index is -0.447. The Morgan fingerprint density at radius 2 is 2.11 bits per heavy atom. The summed E-state index contributed by atoms with van der Waals surface area (Å²) >= 11 is 6.72. The lowest BCUT2D eigenvalue weighted by molar-refractivity contribution is -0.122. The average molecular weight is 423 g/mol. The molecule has 0 spiro atoms. The minimum Gasteiger partial charge on any atom is -0.379 e. The molecule has 1 saturated heterocycles. The van der Waals surface area contributed by atoms with E-state index in [1.54, 1.807) is 6.92 Å². The van der Waals surface area contributed by atoms with Crippen LogP contribution in [0, 0.1) is 0 Å². The number of hydrogen-bond donors (Lipinski definition) is 4. The Morgan fingerprint density at radius 1 is 1.32 bits per heavy atom. The maximum atomic E-state index is 12.2. The number of carbonyl (C=O) groups is 1. The van der Waals surface area contributed by atoms with Crippen LogP contribution in [0.2, 0.25) is 0 Å². The van der Waals surface area contributed by atoms with Gasteiger partial charge < -0.3 is 15.4 Å². The summed E-state index contributed by atoms with van der Waals surface area (Å²) in [6.45, 7) is 7.12. The van der Waals surface area contributed by atoms with Crippen molar-refractivity contribution in [2.75, 3.05) is 44.7 Å². The molecule has 1 aliphatic heterocycles. The number of thiocarbonyl (C=S) groups is 1. The van der Waals surface area contributed by atoms with Gasteiger partial charge in [0.2, 0.25) is 0 Å². The van der Waals surface area contributed by atoms with Crippen LogP contribution >= 0.6 is 23.6 Å². The first kappa shape index (κ1) is 20.7. The molecule has 2 aromatic rings. The van der Waals surface area contributed by atoms with Gasteiger partial charge in [0.15, 0.2) is 10.2 Å². The zero-order chi connectivity index (χ0) is 19.8. The first-order valence-corrected chi connectivity index (χ1v) is 10.6. The van der Waals surface area contributed by atoms with Crippen LogP contribution in [0.15, 0.2) is 24.3 Å². The van der Waals surface area contributed by atoms with Crippen LogP contribution in [-0.2, 0) is 9.53 Å². The van der Waals surface area contributed by atoms with Gasteiger partial charge in [-0.05, 0) is 44.2 Å². The predicted octanol–water partition coefficient (Wildman–Crippen LogP) is 1.31. The quantitative estimate of drug-likeness (QED) is 0.302. The molecule has 0 unspecified atom stereocenters. The normalized spacial score (nSPS) is 15.8. The number of amides is 1. The summed E-state index contributed by atoms with van der Waals surface area (Å²) in [6, 6.07) is 7.43. The molecular formula is C18H26N6O2S2. The van der Waals surface area contributed by atoms with Crippen LogP contribution < -0.4 is 21.5 Å². The third-order valence-corrected chi connectivity index (χ3v) is 5.58. The van der Waals surface area contributed by atoms with Crippen LogP contribution in [0.1, 0.15) is 13.3 Å². The van der Waals surface area contributed by atoms with Gasteiger partial charge in [-0.2, -0.15) is 0 Å². The van der Waals surface area contributed by atoms with Crippen LogP contribution in [0.3, 0.4) is 0 Å². The Labute approximate surface area is 174 Å². The Kier molecular flexibility index (Phi) is 7.78. The van der Waals surface area contributed by atoms with Crippen molar-refractivity contribution in [3.05, 3.63) is 24.3 Å². The molecule has 10 heteroatoms. The van der Waals surface area contributed by atoms with Crippen LogP contribution in [0.25, 0.3) is 10.2 Å². The van der Waals surface area contributed by atoms with E-state index in [4.69, 9.17) is 17.0 Å². The number of ether oxygens (including phenoxy) is 1. The van der Waals surface area contributed by atoms with E-state index in [0.717, 1.165) is 56.0 Å². The highest BCUT2D eigenvalue weighted by Gasteiger charge is 2.15. The number of nitrogens with zero attached hydrogens (tertiary/aromatic N) is 2. The number of rotatable bonds is 7. The molecule has 1 aromatic heterocycles. The summed E-state index contributed by atoms with van der Waals surface area (Å²) in [5.41, 5.74) is 6.29. The Bertz CT molecular complexity index is 760. The monoisotopic (exact) mass is 422 g/mol. The Hall–Kier alpha value is -2.01. The molecule has 2 heterocycles. The van der Waals surface area contributed by atoms with Gasteiger partial charge in [-0.15, -0.1) is 0 Å². The number of morpholine rings is 1. The molecule has 1 aromatic carbocycles. The largest absolute Gasteiger partial charge is 0.379 e. The second kappa shape index (κ2) is 10.5. The summed E-state index contributed by atoms with van der Waals surface area (Å²) in [7, 11) is 0. The molecule has 4 N–H and O–H groups in total. The standard InChI is InChI=1S/C18H26N6O2S2/c1-13(20-18-21-14-5-2-3-6-15(14)28-18)16(25)22-23-17(27)19-7-4-8-24-9-11-26-12-10-24/h2-3,5-6,13H,4,7-12H2,1H3,(H,20,21)(H,22,25)(H2,19,23,27)/t13-/m1/s1. The first-order valence-electron chi connectivity index (χ1n) is 9.38. The maximum Gasteiger partial charge on any atom is 0.260 e. The van der Waals surface area contributed by atoms with E-state index in [2.05, 4.69) is 31.4 Å². The predicted molar refractivity (Wildman–Crippen MR) is 116 cm³/mol. The Morgan fingerprint density at radius 3 is 2.89 bits per heavy atom. The molecule has 152 valence electrons. The third kappa shape index (κ3) is 6.26. The van der Waals surface area contributed by atoms with E-state index in [9.17, 15) is 4.79 Å². The lowest BCUT2D eigenvalue weighted by Gasteiger charge is -2.26. The fraction of sp³-hybridized carbons (Fsp3) is 0.500. The van der Waals surface area contributed by atoms with Gasteiger partial charge in [0, 0.05) is 19.6 Å². The highest BCUT2D eigenvalue weighted by atomic mass is 32.1. The van der Waals surface area contributed by atoms with Gasteiger partial charge in [0.1, 0.15) is 6.04 Å². The van der Waals surface area contributed by atoms with Gasteiger partial charge in [-0.1, -0.05) is 23.5 Å². The molecule has 0 radical (unpaired) electrons.